The molecule has 1 aromatic carbocycles. The average Bonchev–Trinajstić information content (AvgIpc) is 3.13. The number of carbonyl (C=O) groups is 2. The van der Waals surface area contributed by atoms with Crippen LogP contribution in [0.2, 0.25) is 8.67 Å². The Labute approximate surface area is 178 Å². The molecule has 0 radical (unpaired) electrons. The number of hydrogen-bond acceptors (Lipinski definition) is 6. The minimum absolute atomic E-state index is 0.230. The number of carbonyl (C=O) groups excluding carboxylic acids is 2. The van der Waals surface area contributed by atoms with Crippen molar-refractivity contribution in [2.24, 2.45) is 0 Å². The molecule has 0 bridgehead atoms. The van der Waals surface area contributed by atoms with Crippen molar-refractivity contribution < 1.29 is 14.3 Å². The van der Waals surface area contributed by atoms with Crippen LogP contribution in [-0.4, -0.2) is 29.3 Å². The van der Waals surface area contributed by atoms with Crippen LogP contribution in [0.5, 0.6) is 5.75 Å². The van der Waals surface area contributed by atoms with Crippen LogP contribution in [0.25, 0.3) is 6.08 Å². The van der Waals surface area contributed by atoms with Crippen molar-refractivity contribution in [1.29, 1.82) is 0 Å². The van der Waals surface area contributed by atoms with Crippen LogP contribution in [0.3, 0.4) is 0 Å². The largest absolute Gasteiger partial charge is 0.490 e. The number of anilines is 1. The van der Waals surface area contributed by atoms with Gasteiger partial charge in [-0.25, -0.2) is 0 Å². The van der Waals surface area contributed by atoms with Crippen molar-refractivity contribution in [1.82, 2.24) is 5.32 Å². The molecular formula is C17H10Cl2N2O3S3. The van der Waals surface area contributed by atoms with Gasteiger partial charge in [0.05, 0.1) is 27.0 Å². The van der Waals surface area contributed by atoms with Gasteiger partial charge in [-0.2, -0.15) is 0 Å². The SMILES string of the molecule is O=C1NC(=S)SC1=Cc1ccc2c(c1)N(C(=O)c1cc(Cl)sc1Cl)CCO2. The number of thiocarbonyl (C=S) groups is 1. The van der Waals surface area contributed by atoms with E-state index in [9.17, 15) is 9.59 Å². The number of halogens is 2. The highest BCUT2D eigenvalue weighted by atomic mass is 35.5. The van der Waals surface area contributed by atoms with Crippen molar-refractivity contribution >= 4 is 86.4 Å². The Kier molecular flexibility index (Phi) is 5.17. The van der Waals surface area contributed by atoms with E-state index in [2.05, 4.69) is 5.32 Å². The zero-order chi connectivity index (χ0) is 19.1. The molecule has 138 valence electrons. The first kappa shape index (κ1) is 18.8. The molecule has 1 aromatic heterocycles. The predicted molar refractivity (Wildman–Crippen MR) is 114 cm³/mol. The van der Waals surface area contributed by atoms with Crippen molar-refractivity contribution in [2.45, 2.75) is 0 Å². The van der Waals surface area contributed by atoms with Crippen molar-refractivity contribution in [3.63, 3.8) is 0 Å². The van der Waals surface area contributed by atoms with Crippen LogP contribution >= 0.6 is 58.5 Å². The summed E-state index contributed by atoms with van der Waals surface area (Å²) in [7, 11) is 0. The maximum Gasteiger partial charge on any atom is 0.263 e. The Morgan fingerprint density at radius 2 is 2.15 bits per heavy atom. The lowest BCUT2D eigenvalue weighted by Crippen LogP contribution is -2.37. The van der Waals surface area contributed by atoms with Gasteiger partial charge in [0.25, 0.3) is 11.8 Å². The fourth-order valence-electron chi connectivity index (χ4n) is 2.74. The van der Waals surface area contributed by atoms with Gasteiger partial charge in [-0.1, -0.05) is 53.2 Å². The van der Waals surface area contributed by atoms with Crippen LogP contribution in [0.15, 0.2) is 29.2 Å². The first-order valence-corrected chi connectivity index (χ1v) is 10.5. The lowest BCUT2D eigenvalue weighted by molar-refractivity contribution is -0.115. The van der Waals surface area contributed by atoms with Gasteiger partial charge in [0.2, 0.25) is 0 Å². The summed E-state index contributed by atoms with van der Waals surface area (Å²) in [6, 6.07) is 6.97. The van der Waals surface area contributed by atoms with E-state index in [0.717, 1.165) is 16.9 Å². The fourth-order valence-corrected chi connectivity index (χ4v) is 5.23. The summed E-state index contributed by atoms with van der Waals surface area (Å²) in [5.41, 5.74) is 1.73. The van der Waals surface area contributed by atoms with Gasteiger partial charge in [-0.05, 0) is 29.8 Å². The maximum atomic E-state index is 13.0. The molecule has 0 aliphatic carbocycles. The molecule has 2 aliphatic rings. The van der Waals surface area contributed by atoms with Crippen LogP contribution in [0.4, 0.5) is 5.69 Å². The van der Waals surface area contributed by atoms with E-state index in [1.54, 1.807) is 29.2 Å². The van der Waals surface area contributed by atoms with Crippen LogP contribution in [-0.2, 0) is 4.79 Å². The number of thiophene rings is 1. The van der Waals surface area contributed by atoms with Gasteiger partial charge in [0.1, 0.15) is 21.0 Å². The number of nitrogens with one attached hydrogen (secondary N) is 1. The quantitative estimate of drug-likeness (QED) is 0.529. The first-order chi connectivity index (χ1) is 12.9. The van der Waals surface area contributed by atoms with E-state index < -0.39 is 0 Å². The zero-order valence-electron chi connectivity index (χ0n) is 13.5. The average molecular weight is 457 g/mol. The number of thioether (sulfide) groups is 1. The van der Waals surface area contributed by atoms with E-state index in [0.29, 0.717) is 48.1 Å². The number of amides is 2. The van der Waals surface area contributed by atoms with E-state index in [1.165, 1.54) is 11.8 Å². The summed E-state index contributed by atoms with van der Waals surface area (Å²) in [4.78, 5) is 27.0. The van der Waals surface area contributed by atoms with Gasteiger partial charge in [0, 0.05) is 0 Å². The lowest BCUT2D eigenvalue weighted by Gasteiger charge is -2.29. The second-order valence-electron chi connectivity index (χ2n) is 5.62. The van der Waals surface area contributed by atoms with Gasteiger partial charge >= 0.3 is 0 Å². The van der Waals surface area contributed by atoms with Crippen molar-refractivity contribution in [3.05, 3.63) is 49.0 Å². The van der Waals surface area contributed by atoms with Crippen LogP contribution < -0.4 is 15.0 Å². The third kappa shape index (κ3) is 3.72. The molecule has 0 atom stereocenters. The molecule has 0 spiro atoms. The van der Waals surface area contributed by atoms with Gasteiger partial charge < -0.3 is 15.0 Å². The monoisotopic (exact) mass is 456 g/mol. The summed E-state index contributed by atoms with van der Waals surface area (Å²) in [6.07, 6.45) is 1.73. The minimum atomic E-state index is -0.244. The van der Waals surface area contributed by atoms with Crippen molar-refractivity contribution in [2.75, 3.05) is 18.1 Å². The Bertz CT molecular complexity index is 1020. The highest BCUT2D eigenvalue weighted by Crippen LogP contribution is 2.38. The molecule has 4 rings (SSSR count). The molecule has 0 saturated carbocycles. The molecule has 2 aromatic rings. The third-order valence-electron chi connectivity index (χ3n) is 3.92. The Morgan fingerprint density at radius 1 is 1.33 bits per heavy atom. The molecule has 1 N–H and O–H groups in total. The topological polar surface area (TPSA) is 58.6 Å². The maximum absolute atomic E-state index is 13.0. The highest BCUT2D eigenvalue weighted by Gasteiger charge is 2.28. The lowest BCUT2D eigenvalue weighted by atomic mass is 10.1. The number of fused-ring (bicyclic) bond motifs is 1. The van der Waals surface area contributed by atoms with Gasteiger partial charge in [-0.3, -0.25) is 9.59 Å². The molecule has 27 heavy (non-hydrogen) atoms. The molecule has 3 heterocycles. The zero-order valence-corrected chi connectivity index (χ0v) is 17.4. The molecule has 2 aliphatic heterocycles. The number of benzene rings is 1. The normalized spacial score (nSPS) is 17.7. The molecule has 0 unspecified atom stereocenters. The van der Waals surface area contributed by atoms with Crippen LogP contribution in [0, 0.1) is 0 Å². The Morgan fingerprint density at radius 3 is 2.81 bits per heavy atom. The minimum Gasteiger partial charge on any atom is -0.490 e. The Hall–Kier alpha value is -1.58. The predicted octanol–water partition coefficient (Wildman–Crippen LogP) is 4.58. The first-order valence-electron chi connectivity index (χ1n) is 7.71. The third-order valence-corrected chi connectivity index (χ3v) is 6.57. The molecule has 1 saturated heterocycles. The van der Waals surface area contributed by atoms with E-state index in [4.69, 9.17) is 40.2 Å². The summed E-state index contributed by atoms with van der Waals surface area (Å²) in [5.74, 6) is 0.117. The van der Waals surface area contributed by atoms with E-state index in [-0.39, 0.29) is 11.8 Å². The van der Waals surface area contributed by atoms with Gasteiger partial charge in [-0.15, -0.1) is 11.3 Å². The second-order valence-corrected chi connectivity index (χ2v) is 9.63. The fraction of sp³-hybridized carbons (Fsp3) is 0.118. The number of rotatable bonds is 2. The number of hydrogen-bond donors (Lipinski definition) is 1. The Balaban J connectivity index is 1.70. The molecule has 1 fully saturated rings. The second kappa shape index (κ2) is 7.44. The smallest absolute Gasteiger partial charge is 0.263 e. The van der Waals surface area contributed by atoms with E-state index >= 15 is 0 Å². The highest BCUT2D eigenvalue weighted by molar-refractivity contribution is 8.26. The number of nitrogens with zero attached hydrogens (tertiary/aromatic N) is 1. The summed E-state index contributed by atoms with van der Waals surface area (Å²) >= 11 is 19.5. The van der Waals surface area contributed by atoms with Crippen LogP contribution in [0.1, 0.15) is 15.9 Å². The van der Waals surface area contributed by atoms with Gasteiger partial charge in [0.15, 0.2) is 0 Å². The summed E-state index contributed by atoms with van der Waals surface area (Å²) in [6.45, 7) is 0.760. The van der Waals surface area contributed by atoms with Crippen molar-refractivity contribution in [3.8, 4) is 5.75 Å². The molecule has 5 nitrogen and oxygen atoms in total. The standard InChI is InChI=1S/C17H10Cl2N2O3S3/c18-13-7-9(14(19)27-13)16(23)21-3-4-24-11-2-1-8(5-10(11)21)6-12-15(22)20-17(25)26-12/h1-2,5-7H,3-4H2,(H,20,22,25). The molecule has 2 amide bonds. The molecular weight excluding hydrogens is 447 g/mol. The van der Waals surface area contributed by atoms with E-state index in [1.807, 2.05) is 6.07 Å². The number of ether oxygens (including phenoxy) is 1. The summed E-state index contributed by atoms with van der Waals surface area (Å²) < 4.78 is 6.89. The summed E-state index contributed by atoms with van der Waals surface area (Å²) in [5, 5.41) is 2.58. The molecule has 10 heteroatoms.